The van der Waals surface area contributed by atoms with Crippen molar-refractivity contribution in [1.82, 2.24) is 4.98 Å². The first-order valence-corrected chi connectivity index (χ1v) is 8.20. The lowest BCUT2D eigenvalue weighted by atomic mass is 10.1. The highest BCUT2D eigenvalue weighted by Crippen LogP contribution is 2.35. The van der Waals surface area contributed by atoms with E-state index in [1.165, 1.54) is 36.1 Å². The smallest absolute Gasteiger partial charge is 0.186 e. The van der Waals surface area contributed by atoms with Crippen LogP contribution in [0.15, 0.2) is 30.3 Å². The molecule has 0 saturated carbocycles. The van der Waals surface area contributed by atoms with E-state index in [-0.39, 0.29) is 0 Å². The second-order valence-corrected chi connectivity index (χ2v) is 6.22. The predicted octanol–water partition coefficient (Wildman–Crippen LogP) is 3.65. The maximum absolute atomic E-state index is 5.89. The molecule has 0 amide bonds. The molecular weight excluding hydrogens is 266 g/mol. The van der Waals surface area contributed by atoms with Crippen LogP contribution in [0, 0.1) is 0 Å². The fraction of sp³-hybridized carbons (Fsp3) is 0.438. The number of anilines is 1. The van der Waals surface area contributed by atoms with E-state index in [1.54, 1.807) is 11.3 Å². The lowest BCUT2D eigenvalue weighted by molar-refractivity contribution is 0.726. The van der Waals surface area contributed by atoms with Crippen molar-refractivity contribution in [3.05, 3.63) is 36.0 Å². The first-order chi connectivity index (χ1) is 9.88. The number of hydrogen-bond acceptors (Lipinski definition) is 4. The van der Waals surface area contributed by atoms with Gasteiger partial charge in [0, 0.05) is 19.6 Å². The van der Waals surface area contributed by atoms with Crippen LogP contribution in [-0.2, 0) is 6.54 Å². The van der Waals surface area contributed by atoms with Gasteiger partial charge in [0.2, 0.25) is 0 Å². The first kappa shape index (κ1) is 13.6. The molecule has 0 bridgehead atoms. The van der Waals surface area contributed by atoms with Crippen LogP contribution in [0.2, 0.25) is 0 Å². The maximum Gasteiger partial charge on any atom is 0.186 e. The molecule has 2 N–H and O–H groups in total. The molecule has 0 atom stereocenters. The van der Waals surface area contributed by atoms with Crippen LogP contribution in [0.3, 0.4) is 0 Å². The fourth-order valence-corrected chi connectivity index (χ4v) is 3.84. The van der Waals surface area contributed by atoms with Gasteiger partial charge in [-0.05, 0) is 18.4 Å². The monoisotopic (exact) mass is 287 g/mol. The Kier molecular flexibility index (Phi) is 4.33. The molecule has 1 aliphatic rings. The average molecular weight is 287 g/mol. The van der Waals surface area contributed by atoms with Gasteiger partial charge in [0.1, 0.15) is 0 Å². The van der Waals surface area contributed by atoms with Gasteiger partial charge in [0.05, 0.1) is 10.6 Å². The molecular formula is C16H21N3S. The third-order valence-electron chi connectivity index (χ3n) is 3.79. The van der Waals surface area contributed by atoms with Gasteiger partial charge in [-0.3, -0.25) is 0 Å². The summed E-state index contributed by atoms with van der Waals surface area (Å²) in [6, 6.07) is 10.5. The zero-order chi connectivity index (χ0) is 13.8. The maximum atomic E-state index is 5.89. The molecule has 1 aromatic heterocycles. The number of nitrogens with two attached hydrogens (primary N) is 1. The summed E-state index contributed by atoms with van der Waals surface area (Å²) in [7, 11) is 0. The summed E-state index contributed by atoms with van der Waals surface area (Å²) in [5.74, 6) is 0. The molecule has 20 heavy (non-hydrogen) atoms. The Morgan fingerprint density at radius 3 is 2.40 bits per heavy atom. The summed E-state index contributed by atoms with van der Waals surface area (Å²) in [4.78, 5) is 8.45. The highest BCUT2D eigenvalue weighted by molar-refractivity contribution is 7.19. The van der Waals surface area contributed by atoms with E-state index >= 15 is 0 Å². The molecule has 1 aliphatic heterocycles. The Hall–Kier alpha value is -1.39. The van der Waals surface area contributed by atoms with Gasteiger partial charge in [-0.25, -0.2) is 4.98 Å². The lowest BCUT2D eigenvalue weighted by Gasteiger charge is -2.18. The second-order valence-electron chi connectivity index (χ2n) is 5.24. The molecule has 4 heteroatoms. The number of rotatable bonds is 3. The van der Waals surface area contributed by atoms with Gasteiger partial charge >= 0.3 is 0 Å². The van der Waals surface area contributed by atoms with Crippen molar-refractivity contribution >= 4 is 16.5 Å². The second kappa shape index (κ2) is 6.37. The summed E-state index contributed by atoms with van der Waals surface area (Å²) in [5, 5.41) is 1.14. The molecule has 106 valence electrons. The van der Waals surface area contributed by atoms with Crippen LogP contribution in [0.4, 0.5) is 5.13 Å². The van der Waals surface area contributed by atoms with Crippen molar-refractivity contribution < 1.29 is 0 Å². The number of benzene rings is 1. The Labute approximate surface area is 124 Å². The van der Waals surface area contributed by atoms with E-state index in [9.17, 15) is 0 Å². The fourth-order valence-electron chi connectivity index (χ4n) is 2.69. The van der Waals surface area contributed by atoms with Gasteiger partial charge in [-0.1, -0.05) is 54.5 Å². The first-order valence-electron chi connectivity index (χ1n) is 7.38. The SMILES string of the molecule is NCc1nc(N2CCCCCC2)sc1-c1ccccc1. The topological polar surface area (TPSA) is 42.1 Å². The van der Waals surface area contributed by atoms with Gasteiger partial charge in [0.25, 0.3) is 0 Å². The van der Waals surface area contributed by atoms with E-state index in [4.69, 9.17) is 10.7 Å². The van der Waals surface area contributed by atoms with Crippen LogP contribution >= 0.6 is 11.3 Å². The molecule has 2 aromatic rings. The third-order valence-corrected chi connectivity index (χ3v) is 5.00. The van der Waals surface area contributed by atoms with Gasteiger partial charge in [-0.2, -0.15) is 0 Å². The lowest BCUT2D eigenvalue weighted by Crippen LogP contribution is -2.23. The summed E-state index contributed by atoms with van der Waals surface area (Å²) in [6.07, 6.45) is 5.24. The molecule has 2 heterocycles. The van der Waals surface area contributed by atoms with E-state index in [2.05, 4.69) is 29.2 Å². The molecule has 0 radical (unpaired) electrons. The quantitative estimate of drug-likeness (QED) is 0.937. The molecule has 0 spiro atoms. The Morgan fingerprint density at radius 1 is 1.05 bits per heavy atom. The standard InChI is InChI=1S/C16H21N3S/c17-12-14-15(13-8-4-3-5-9-13)20-16(18-14)19-10-6-1-2-7-11-19/h3-5,8-9H,1-2,6-7,10-12,17H2. The molecule has 1 saturated heterocycles. The van der Waals surface area contributed by atoms with Crippen molar-refractivity contribution in [3.8, 4) is 10.4 Å². The zero-order valence-corrected chi connectivity index (χ0v) is 12.5. The van der Waals surface area contributed by atoms with E-state index < -0.39 is 0 Å². The minimum Gasteiger partial charge on any atom is -0.348 e. The van der Waals surface area contributed by atoms with Crippen molar-refractivity contribution in [2.45, 2.75) is 32.2 Å². The number of thiazole rings is 1. The van der Waals surface area contributed by atoms with Gasteiger partial charge < -0.3 is 10.6 Å². The van der Waals surface area contributed by atoms with Crippen molar-refractivity contribution in [1.29, 1.82) is 0 Å². The minimum atomic E-state index is 0.508. The number of aromatic nitrogens is 1. The molecule has 1 fully saturated rings. The Bertz CT molecular complexity index is 542. The zero-order valence-electron chi connectivity index (χ0n) is 11.7. The van der Waals surface area contributed by atoms with Crippen molar-refractivity contribution in [3.63, 3.8) is 0 Å². The normalized spacial score (nSPS) is 16.1. The molecule has 3 nitrogen and oxygen atoms in total. The van der Waals surface area contributed by atoms with E-state index in [1.807, 2.05) is 6.07 Å². The Morgan fingerprint density at radius 2 is 1.75 bits per heavy atom. The number of nitrogens with zero attached hydrogens (tertiary/aromatic N) is 2. The van der Waals surface area contributed by atoms with Gasteiger partial charge in [0.15, 0.2) is 5.13 Å². The minimum absolute atomic E-state index is 0.508. The summed E-state index contributed by atoms with van der Waals surface area (Å²) < 4.78 is 0. The highest BCUT2D eigenvalue weighted by atomic mass is 32.1. The Balaban J connectivity index is 1.92. The van der Waals surface area contributed by atoms with Crippen LogP contribution < -0.4 is 10.6 Å². The highest BCUT2D eigenvalue weighted by Gasteiger charge is 2.17. The third kappa shape index (κ3) is 2.86. The van der Waals surface area contributed by atoms with Gasteiger partial charge in [-0.15, -0.1) is 0 Å². The van der Waals surface area contributed by atoms with Crippen LogP contribution in [0.25, 0.3) is 10.4 Å². The molecule has 1 aromatic carbocycles. The largest absolute Gasteiger partial charge is 0.348 e. The summed E-state index contributed by atoms with van der Waals surface area (Å²) in [6.45, 7) is 2.77. The van der Waals surface area contributed by atoms with E-state index in [0.717, 1.165) is 23.9 Å². The summed E-state index contributed by atoms with van der Waals surface area (Å²) >= 11 is 1.79. The van der Waals surface area contributed by atoms with E-state index in [0.29, 0.717) is 6.54 Å². The number of hydrogen-bond donors (Lipinski definition) is 1. The van der Waals surface area contributed by atoms with Crippen LogP contribution in [0.1, 0.15) is 31.4 Å². The predicted molar refractivity (Wildman–Crippen MR) is 86.1 cm³/mol. The summed E-state index contributed by atoms with van der Waals surface area (Å²) in [5.41, 5.74) is 8.14. The molecule has 0 unspecified atom stereocenters. The van der Waals surface area contributed by atoms with Crippen molar-refractivity contribution in [2.75, 3.05) is 18.0 Å². The van der Waals surface area contributed by atoms with Crippen LogP contribution in [0.5, 0.6) is 0 Å². The molecule has 3 rings (SSSR count). The van der Waals surface area contributed by atoms with Crippen molar-refractivity contribution in [2.24, 2.45) is 5.73 Å². The average Bonchev–Trinajstić information content (AvgIpc) is 2.75. The van der Waals surface area contributed by atoms with Crippen LogP contribution in [-0.4, -0.2) is 18.1 Å². The molecule has 0 aliphatic carbocycles.